The van der Waals surface area contributed by atoms with Gasteiger partial charge < -0.3 is 10.4 Å². The lowest BCUT2D eigenvalue weighted by Gasteiger charge is -2.15. The van der Waals surface area contributed by atoms with Gasteiger partial charge in [0.05, 0.1) is 5.71 Å². The van der Waals surface area contributed by atoms with Crippen LogP contribution in [-0.2, 0) is 9.59 Å². The third-order valence-electron chi connectivity index (χ3n) is 4.65. The van der Waals surface area contributed by atoms with Crippen molar-refractivity contribution in [3.63, 3.8) is 0 Å². The van der Waals surface area contributed by atoms with Crippen molar-refractivity contribution in [2.24, 2.45) is 5.10 Å². The van der Waals surface area contributed by atoms with Gasteiger partial charge in [-0.1, -0.05) is 30.3 Å². The summed E-state index contributed by atoms with van der Waals surface area (Å²) in [6.07, 6.45) is -0.0737. The molecule has 1 aliphatic rings. The standard InChI is InChI=1S/C20H22N4O4/c1-12(14-9-8-13-6-4-5-7-15(13)17(14)26)22-23-16(25)10-11-24-18(27)20(2,3)21-19(24)28/h4-9,26H,10-11H2,1-3H3,(H,21,28)(H,23,25)/b22-12+. The van der Waals surface area contributed by atoms with E-state index in [9.17, 15) is 19.5 Å². The van der Waals surface area contributed by atoms with E-state index in [2.05, 4.69) is 15.8 Å². The number of amides is 4. The number of phenolic OH excluding ortho intramolecular Hbond substituents is 1. The molecule has 1 aliphatic heterocycles. The predicted molar refractivity (Wildman–Crippen MR) is 105 cm³/mol. The summed E-state index contributed by atoms with van der Waals surface area (Å²) in [5, 5.41) is 18.6. The lowest BCUT2D eigenvalue weighted by Crippen LogP contribution is -2.40. The smallest absolute Gasteiger partial charge is 0.325 e. The first kappa shape index (κ1) is 19.3. The molecule has 0 radical (unpaired) electrons. The molecule has 0 saturated carbocycles. The minimum atomic E-state index is -0.962. The maximum absolute atomic E-state index is 12.1. The second kappa shape index (κ2) is 7.30. The number of urea groups is 1. The Morgan fingerprint density at radius 1 is 1.21 bits per heavy atom. The van der Waals surface area contributed by atoms with Crippen LogP contribution < -0.4 is 10.7 Å². The van der Waals surface area contributed by atoms with Gasteiger partial charge in [0.25, 0.3) is 5.91 Å². The molecule has 1 heterocycles. The second-order valence-corrected chi connectivity index (χ2v) is 7.18. The van der Waals surface area contributed by atoms with E-state index in [1.165, 1.54) is 0 Å². The van der Waals surface area contributed by atoms with E-state index in [0.717, 1.165) is 10.3 Å². The van der Waals surface area contributed by atoms with E-state index in [-0.39, 0.29) is 24.6 Å². The first-order valence-electron chi connectivity index (χ1n) is 8.89. The van der Waals surface area contributed by atoms with Gasteiger partial charge in [-0.05, 0) is 32.2 Å². The number of hydrogen-bond donors (Lipinski definition) is 3. The first-order chi connectivity index (χ1) is 13.2. The summed E-state index contributed by atoms with van der Waals surface area (Å²) in [5.41, 5.74) is 2.38. The number of rotatable bonds is 5. The van der Waals surface area contributed by atoms with Gasteiger partial charge in [0.1, 0.15) is 11.3 Å². The largest absolute Gasteiger partial charge is 0.507 e. The molecule has 0 unspecified atom stereocenters. The number of imide groups is 1. The quantitative estimate of drug-likeness (QED) is 0.418. The van der Waals surface area contributed by atoms with Gasteiger partial charge in [-0.2, -0.15) is 5.10 Å². The summed E-state index contributed by atoms with van der Waals surface area (Å²) >= 11 is 0. The molecule has 3 N–H and O–H groups in total. The summed E-state index contributed by atoms with van der Waals surface area (Å²) in [7, 11) is 0. The summed E-state index contributed by atoms with van der Waals surface area (Å²) in [4.78, 5) is 37.0. The summed E-state index contributed by atoms with van der Waals surface area (Å²) in [5.74, 6) is -0.717. The zero-order chi connectivity index (χ0) is 20.5. The fourth-order valence-electron chi connectivity index (χ4n) is 3.04. The fraction of sp³-hybridized carbons (Fsp3) is 0.300. The van der Waals surface area contributed by atoms with Crippen molar-refractivity contribution in [3.05, 3.63) is 42.0 Å². The van der Waals surface area contributed by atoms with Gasteiger partial charge in [0, 0.05) is 23.9 Å². The number of fused-ring (bicyclic) bond motifs is 1. The molecule has 28 heavy (non-hydrogen) atoms. The van der Waals surface area contributed by atoms with Crippen molar-refractivity contribution in [1.29, 1.82) is 0 Å². The molecule has 2 aromatic carbocycles. The Kier molecular flexibility index (Phi) is 5.04. The van der Waals surface area contributed by atoms with E-state index in [1.54, 1.807) is 32.9 Å². The second-order valence-electron chi connectivity index (χ2n) is 7.18. The first-order valence-corrected chi connectivity index (χ1v) is 8.89. The summed E-state index contributed by atoms with van der Waals surface area (Å²) < 4.78 is 0. The Balaban J connectivity index is 1.64. The Bertz CT molecular complexity index is 997. The van der Waals surface area contributed by atoms with Crippen LogP contribution >= 0.6 is 0 Å². The highest BCUT2D eigenvalue weighted by molar-refractivity contribution is 6.07. The molecule has 2 aromatic rings. The topological polar surface area (TPSA) is 111 Å². The molecular formula is C20H22N4O4. The highest BCUT2D eigenvalue weighted by Crippen LogP contribution is 2.28. The summed E-state index contributed by atoms with van der Waals surface area (Å²) in [6.45, 7) is 4.85. The SMILES string of the molecule is C/C(=N\NC(=O)CCN1C(=O)NC(C)(C)C1=O)c1ccc2ccccc2c1O. The van der Waals surface area contributed by atoms with Crippen LogP contribution in [0.15, 0.2) is 41.5 Å². The van der Waals surface area contributed by atoms with Crippen LogP contribution in [0.3, 0.4) is 0 Å². The zero-order valence-electron chi connectivity index (χ0n) is 15.9. The highest BCUT2D eigenvalue weighted by atomic mass is 16.3. The Morgan fingerprint density at radius 3 is 2.61 bits per heavy atom. The average Bonchev–Trinajstić information content (AvgIpc) is 2.85. The maximum atomic E-state index is 12.1. The van der Waals surface area contributed by atoms with Crippen LogP contribution in [0.25, 0.3) is 10.8 Å². The number of nitrogens with one attached hydrogen (secondary N) is 2. The number of carbonyl (C=O) groups is 3. The minimum absolute atomic E-state index is 0.0320. The molecule has 0 aliphatic carbocycles. The molecule has 1 saturated heterocycles. The molecule has 146 valence electrons. The Morgan fingerprint density at radius 2 is 1.93 bits per heavy atom. The normalized spacial score (nSPS) is 16.4. The third-order valence-corrected chi connectivity index (χ3v) is 4.65. The van der Waals surface area contributed by atoms with E-state index < -0.39 is 17.5 Å². The monoisotopic (exact) mass is 382 g/mol. The lowest BCUT2D eigenvalue weighted by atomic mass is 10.0. The predicted octanol–water partition coefficient (Wildman–Crippen LogP) is 2.11. The van der Waals surface area contributed by atoms with Gasteiger partial charge in [0.15, 0.2) is 0 Å². The third kappa shape index (κ3) is 3.66. The number of hydrogen-bond acceptors (Lipinski definition) is 5. The molecular weight excluding hydrogens is 360 g/mol. The molecule has 8 nitrogen and oxygen atoms in total. The van der Waals surface area contributed by atoms with E-state index in [1.807, 2.05) is 24.3 Å². The van der Waals surface area contributed by atoms with E-state index >= 15 is 0 Å². The molecule has 0 bridgehead atoms. The minimum Gasteiger partial charge on any atom is -0.507 e. The van der Waals surface area contributed by atoms with Crippen molar-refractivity contribution < 1.29 is 19.5 Å². The fourth-order valence-corrected chi connectivity index (χ4v) is 3.04. The molecule has 8 heteroatoms. The van der Waals surface area contributed by atoms with Gasteiger partial charge >= 0.3 is 6.03 Å². The van der Waals surface area contributed by atoms with Crippen molar-refractivity contribution in [3.8, 4) is 5.75 Å². The van der Waals surface area contributed by atoms with Crippen molar-refractivity contribution >= 4 is 34.3 Å². The lowest BCUT2D eigenvalue weighted by molar-refractivity contribution is -0.130. The summed E-state index contributed by atoms with van der Waals surface area (Å²) in [6, 6.07) is 10.5. The number of phenols is 1. The van der Waals surface area contributed by atoms with E-state index in [0.29, 0.717) is 16.7 Å². The molecule has 0 aromatic heterocycles. The van der Waals surface area contributed by atoms with Crippen LogP contribution in [-0.4, -0.2) is 45.6 Å². The Hall–Kier alpha value is -3.42. The van der Waals surface area contributed by atoms with Gasteiger partial charge in [-0.3, -0.25) is 14.5 Å². The number of carbonyl (C=O) groups excluding carboxylic acids is 3. The molecule has 0 atom stereocenters. The van der Waals surface area contributed by atoms with Crippen molar-refractivity contribution in [2.45, 2.75) is 32.7 Å². The van der Waals surface area contributed by atoms with Gasteiger partial charge in [0.2, 0.25) is 5.91 Å². The van der Waals surface area contributed by atoms with Crippen molar-refractivity contribution in [2.75, 3.05) is 6.54 Å². The molecule has 3 rings (SSSR count). The van der Waals surface area contributed by atoms with Crippen LogP contribution in [0.2, 0.25) is 0 Å². The molecule has 0 spiro atoms. The Labute approximate surface area is 162 Å². The number of nitrogens with zero attached hydrogens (tertiary/aromatic N) is 2. The maximum Gasteiger partial charge on any atom is 0.325 e. The number of aromatic hydroxyl groups is 1. The number of hydrazone groups is 1. The van der Waals surface area contributed by atoms with Gasteiger partial charge in [-0.15, -0.1) is 0 Å². The highest BCUT2D eigenvalue weighted by Gasteiger charge is 2.43. The van der Waals surface area contributed by atoms with Crippen LogP contribution in [0, 0.1) is 0 Å². The number of benzene rings is 2. The van der Waals surface area contributed by atoms with Crippen LogP contribution in [0.1, 0.15) is 32.8 Å². The molecule has 1 fully saturated rings. The zero-order valence-corrected chi connectivity index (χ0v) is 15.9. The van der Waals surface area contributed by atoms with Crippen LogP contribution in [0.5, 0.6) is 5.75 Å². The van der Waals surface area contributed by atoms with Gasteiger partial charge in [-0.25, -0.2) is 10.2 Å². The molecule has 4 amide bonds. The average molecular weight is 382 g/mol. The van der Waals surface area contributed by atoms with Crippen LogP contribution in [0.4, 0.5) is 4.79 Å². The van der Waals surface area contributed by atoms with Crippen molar-refractivity contribution in [1.82, 2.24) is 15.6 Å². The van der Waals surface area contributed by atoms with E-state index in [4.69, 9.17) is 0 Å².